The number of esters is 1. The van der Waals surface area contributed by atoms with Gasteiger partial charge in [0.25, 0.3) is 0 Å². The van der Waals surface area contributed by atoms with Gasteiger partial charge >= 0.3 is 5.97 Å². The molecule has 1 aliphatic heterocycles. The fraction of sp³-hybridized carbons (Fsp3) is 0.571. The van der Waals surface area contributed by atoms with Gasteiger partial charge in [-0.05, 0) is 25.3 Å². The summed E-state index contributed by atoms with van der Waals surface area (Å²) in [5.41, 5.74) is 6.44. The summed E-state index contributed by atoms with van der Waals surface area (Å²) < 4.78 is 4.98. The highest BCUT2D eigenvalue weighted by atomic mass is 16.5. The number of nitrogen functional groups attached to an aromatic ring is 1. The van der Waals surface area contributed by atoms with Gasteiger partial charge in [-0.1, -0.05) is 6.92 Å². The molecule has 0 saturated carbocycles. The Morgan fingerprint density at radius 3 is 3.05 bits per heavy atom. The van der Waals surface area contributed by atoms with Crippen LogP contribution in [0.3, 0.4) is 0 Å². The molecular formula is C14H21N3O3. The highest BCUT2D eigenvalue weighted by molar-refractivity contribution is 5.95. The lowest BCUT2D eigenvalue weighted by Crippen LogP contribution is -2.42. The second-order valence-corrected chi connectivity index (χ2v) is 5.13. The molecular weight excluding hydrogens is 258 g/mol. The number of aromatic nitrogens is 1. The van der Waals surface area contributed by atoms with E-state index in [0.717, 1.165) is 0 Å². The lowest BCUT2D eigenvalue weighted by molar-refractivity contribution is 0.0527. The summed E-state index contributed by atoms with van der Waals surface area (Å²) in [4.78, 5) is 18.2. The van der Waals surface area contributed by atoms with Crippen LogP contribution in [0.25, 0.3) is 0 Å². The summed E-state index contributed by atoms with van der Waals surface area (Å²) in [5.74, 6) is 0.439. The standard InChI is InChI=1S/C14H21N3O3/c1-3-20-14(19)10-6-13(16-7-11(10)15)17-5-4-12(18)9(2)8-17/h6-7,9,12,18H,3-5,8,15H2,1-2H3. The molecule has 0 aromatic carbocycles. The number of carbonyl (C=O) groups excluding carboxylic acids is 1. The molecule has 0 spiro atoms. The second-order valence-electron chi connectivity index (χ2n) is 5.13. The van der Waals surface area contributed by atoms with Crippen molar-refractivity contribution in [3.05, 3.63) is 17.8 Å². The van der Waals surface area contributed by atoms with Crippen LogP contribution < -0.4 is 10.6 Å². The van der Waals surface area contributed by atoms with Gasteiger partial charge in [0.1, 0.15) is 5.82 Å². The minimum Gasteiger partial charge on any atom is -0.462 e. The molecule has 0 bridgehead atoms. The third-order valence-electron chi connectivity index (χ3n) is 3.60. The quantitative estimate of drug-likeness (QED) is 0.804. The number of aliphatic hydroxyl groups excluding tert-OH is 1. The molecule has 0 aliphatic carbocycles. The van der Waals surface area contributed by atoms with Crippen LogP contribution in [0.1, 0.15) is 30.6 Å². The van der Waals surface area contributed by atoms with Crippen molar-refractivity contribution in [2.24, 2.45) is 5.92 Å². The Balaban J connectivity index is 2.21. The minimum atomic E-state index is -0.432. The Morgan fingerprint density at radius 1 is 1.65 bits per heavy atom. The molecule has 6 heteroatoms. The number of nitrogens with zero attached hydrogens (tertiary/aromatic N) is 2. The van der Waals surface area contributed by atoms with Gasteiger partial charge in [-0.15, -0.1) is 0 Å². The van der Waals surface area contributed by atoms with Crippen molar-refractivity contribution in [3.8, 4) is 0 Å². The molecule has 1 aromatic heterocycles. The van der Waals surface area contributed by atoms with Gasteiger partial charge in [-0.2, -0.15) is 0 Å². The number of hydrogen-bond donors (Lipinski definition) is 2. The van der Waals surface area contributed by atoms with Gasteiger partial charge < -0.3 is 20.5 Å². The molecule has 0 amide bonds. The average Bonchev–Trinajstić information content (AvgIpc) is 2.42. The van der Waals surface area contributed by atoms with Gasteiger partial charge in [0.15, 0.2) is 0 Å². The van der Waals surface area contributed by atoms with Crippen LogP contribution in [0.5, 0.6) is 0 Å². The van der Waals surface area contributed by atoms with Crippen molar-refractivity contribution < 1.29 is 14.6 Å². The predicted octanol–water partition coefficient (Wildman–Crippen LogP) is 1.05. The molecule has 1 saturated heterocycles. The van der Waals surface area contributed by atoms with E-state index in [1.54, 1.807) is 13.0 Å². The number of carbonyl (C=O) groups is 1. The Kier molecular flexibility index (Phi) is 4.44. The average molecular weight is 279 g/mol. The zero-order chi connectivity index (χ0) is 14.7. The summed E-state index contributed by atoms with van der Waals surface area (Å²) in [6.07, 6.45) is 1.91. The number of aliphatic hydroxyl groups is 1. The van der Waals surface area contributed by atoms with Crippen molar-refractivity contribution in [2.45, 2.75) is 26.4 Å². The van der Waals surface area contributed by atoms with Crippen LogP contribution in [0.2, 0.25) is 0 Å². The van der Waals surface area contributed by atoms with E-state index in [9.17, 15) is 9.90 Å². The SMILES string of the molecule is CCOC(=O)c1cc(N2CCC(O)C(C)C2)ncc1N. The number of ether oxygens (including phenoxy) is 1. The molecule has 20 heavy (non-hydrogen) atoms. The van der Waals surface area contributed by atoms with E-state index < -0.39 is 5.97 Å². The van der Waals surface area contributed by atoms with E-state index in [1.165, 1.54) is 6.20 Å². The second kappa shape index (κ2) is 6.09. The van der Waals surface area contributed by atoms with Crippen molar-refractivity contribution in [2.75, 3.05) is 30.3 Å². The van der Waals surface area contributed by atoms with E-state index >= 15 is 0 Å². The predicted molar refractivity (Wildman–Crippen MR) is 76.6 cm³/mol. The first-order valence-corrected chi connectivity index (χ1v) is 6.88. The molecule has 3 N–H and O–H groups in total. The van der Waals surface area contributed by atoms with E-state index in [4.69, 9.17) is 10.5 Å². The van der Waals surface area contributed by atoms with E-state index in [0.29, 0.717) is 43.2 Å². The van der Waals surface area contributed by atoms with E-state index in [1.807, 2.05) is 6.92 Å². The normalized spacial score (nSPS) is 22.6. The molecule has 1 fully saturated rings. The first-order chi connectivity index (χ1) is 9.52. The highest BCUT2D eigenvalue weighted by Crippen LogP contribution is 2.24. The van der Waals surface area contributed by atoms with Crippen LogP contribution in [-0.2, 0) is 4.74 Å². The fourth-order valence-corrected chi connectivity index (χ4v) is 2.35. The summed E-state index contributed by atoms with van der Waals surface area (Å²) in [6, 6.07) is 1.66. The van der Waals surface area contributed by atoms with Gasteiger partial charge in [0.05, 0.1) is 30.2 Å². The number of hydrogen-bond acceptors (Lipinski definition) is 6. The lowest BCUT2D eigenvalue weighted by atomic mass is 9.97. The topological polar surface area (TPSA) is 88.7 Å². The summed E-state index contributed by atoms with van der Waals surface area (Å²) in [5, 5.41) is 9.76. The van der Waals surface area contributed by atoms with Crippen LogP contribution in [0.15, 0.2) is 12.3 Å². The third-order valence-corrected chi connectivity index (χ3v) is 3.60. The molecule has 0 radical (unpaired) electrons. The Hall–Kier alpha value is -1.82. The summed E-state index contributed by atoms with van der Waals surface area (Å²) in [6.45, 7) is 5.48. The van der Waals surface area contributed by atoms with Gasteiger partial charge in [-0.3, -0.25) is 0 Å². The highest BCUT2D eigenvalue weighted by Gasteiger charge is 2.25. The van der Waals surface area contributed by atoms with Gasteiger partial charge in [0.2, 0.25) is 0 Å². The zero-order valence-electron chi connectivity index (χ0n) is 11.9. The van der Waals surface area contributed by atoms with Crippen LogP contribution in [-0.4, -0.2) is 41.9 Å². The van der Waals surface area contributed by atoms with Crippen molar-refractivity contribution >= 4 is 17.5 Å². The van der Waals surface area contributed by atoms with Crippen molar-refractivity contribution in [1.82, 2.24) is 4.98 Å². The smallest absolute Gasteiger partial charge is 0.340 e. The Morgan fingerprint density at radius 2 is 2.40 bits per heavy atom. The van der Waals surface area contributed by atoms with E-state index in [-0.39, 0.29) is 12.0 Å². The first kappa shape index (κ1) is 14.6. The molecule has 110 valence electrons. The van der Waals surface area contributed by atoms with Crippen molar-refractivity contribution in [1.29, 1.82) is 0 Å². The molecule has 2 atom stereocenters. The Bertz CT molecular complexity index is 493. The number of pyridine rings is 1. The number of nitrogens with two attached hydrogens (primary N) is 1. The van der Waals surface area contributed by atoms with Crippen LogP contribution >= 0.6 is 0 Å². The van der Waals surface area contributed by atoms with E-state index in [2.05, 4.69) is 9.88 Å². The monoisotopic (exact) mass is 279 g/mol. The van der Waals surface area contributed by atoms with Gasteiger partial charge in [0, 0.05) is 13.1 Å². The number of anilines is 2. The third kappa shape index (κ3) is 3.01. The zero-order valence-corrected chi connectivity index (χ0v) is 11.9. The fourth-order valence-electron chi connectivity index (χ4n) is 2.35. The molecule has 1 aromatic rings. The molecule has 1 aliphatic rings. The first-order valence-electron chi connectivity index (χ1n) is 6.88. The summed E-state index contributed by atoms with van der Waals surface area (Å²) >= 11 is 0. The largest absolute Gasteiger partial charge is 0.462 e. The molecule has 2 unspecified atom stereocenters. The molecule has 2 rings (SSSR count). The summed E-state index contributed by atoms with van der Waals surface area (Å²) in [7, 11) is 0. The minimum absolute atomic E-state index is 0.175. The van der Waals surface area contributed by atoms with Crippen molar-refractivity contribution in [3.63, 3.8) is 0 Å². The van der Waals surface area contributed by atoms with Crippen LogP contribution in [0, 0.1) is 5.92 Å². The maximum atomic E-state index is 11.8. The number of piperidine rings is 1. The number of rotatable bonds is 3. The lowest BCUT2D eigenvalue weighted by Gasteiger charge is -2.35. The van der Waals surface area contributed by atoms with Crippen LogP contribution in [0.4, 0.5) is 11.5 Å². The molecule has 2 heterocycles. The van der Waals surface area contributed by atoms with Gasteiger partial charge in [-0.25, -0.2) is 9.78 Å². The maximum absolute atomic E-state index is 11.8. The Labute approximate surface area is 118 Å². The molecule has 6 nitrogen and oxygen atoms in total. The maximum Gasteiger partial charge on any atom is 0.340 e.